The highest BCUT2D eigenvalue weighted by Gasteiger charge is 2.26. The molecule has 2 atom stereocenters. The molecule has 0 bridgehead atoms. The van der Waals surface area contributed by atoms with Crippen LogP contribution in [0.1, 0.15) is 31.9 Å². The summed E-state index contributed by atoms with van der Waals surface area (Å²) in [6.07, 6.45) is 3.41. The third kappa shape index (κ3) is 4.61. The van der Waals surface area contributed by atoms with Crippen LogP contribution in [-0.2, 0) is 16.1 Å². The van der Waals surface area contributed by atoms with Crippen molar-refractivity contribution in [2.45, 2.75) is 39.0 Å². The maximum Gasteiger partial charge on any atom is 0.319 e. The number of hydrogen-bond acceptors (Lipinski definition) is 5. The Morgan fingerprint density at radius 3 is 3.04 bits per heavy atom. The van der Waals surface area contributed by atoms with E-state index in [1.807, 2.05) is 26.0 Å². The molecule has 3 N–H and O–H groups in total. The number of amides is 3. The molecule has 28 heavy (non-hydrogen) atoms. The van der Waals surface area contributed by atoms with Gasteiger partial charge in [0.25, 0.3) is 5.91 Å². The van der Waals surface area contributed by atoms with Crippen molar-refractivity contribution in [2.75, 3.05) is 24.4 Å². The third-order valence-electron chi connectivity index (χ3n) is 4.46. The Morgan fingerprint density at radius 1 is 1.46 bits per heavy atom. The molecular formula is C19H25N5O4. The van der Waals surface area contributed by atoms with Crippen LogP contribution in [0, 0.1) is 0 Å². The van der Waals surface area contributed by atoms with Crippen molar-refractivity contribution in [2.24, 2.45) is 0 Å². The number of benzene rings is 1. The van der Waals surface area contributed by atoms with Gasteiger partial charge in [0.15, 0.2) is 6.10 Å². The summed E-state index contributed by atoms with van der Waals surface area (Å²) in [5, 5.41) is 12.6. The van der Waals surface area contributed by atoms with Crippen molar-refractivity contribution in [3.63, 3.8) is 0 Å². The van der Waals surface area contributed by atoms with Gasteiger partial charge in [-0.2, -0.15) is 5.10 Å². The topological polar surface area (TPSA) is 107 Å². The largest absolute Gasteiger partial charge is 0.478 e. The van der Waals surface area contributed by atoms with Crippen LogP contribution in [0.2, 0.25) is 0 Å². The lowest BCUT2D eigenvalue weighted by atomic mass is 10.1. The molecule has 1 aromatic carbocycles. The molecule has 0 aliphatic carbocycles. The average Bonchev–Trinajstić information content (AvgIpc) is 3.12. The summed E-state index contributed by atoms with van der Waals surface area (Å²) in [5.74, 6) is 0.469. The number of fused-ring (bicyclic) bond motifs is 1. The number of rotatable bonds is 7. The first-order chi connectivity index (χ1) is 13.5. The van der Waals surface area contributed by atoms with E-state index in [1.165, 1.54) is 0 Å². The van der Waals surface area contributed by atoms with Crippen LogP contribution in [0.15, 0.2) is 30.6 Å². The fourth-order valence-corrected chi connectivity index (χ4v) is 2.88. The van der Waals surface area contributed by atoms with Gasteiger partial charge >= 0.3 is 6.03 Å². The van der Waals surface area contributed by atoms with Gasteiger partial charge in [-0.1, -0.05) is 13.0 Å². The van der Waals surface area contributed by atoms with Crippen molar-refractivity contribution in [1.82, 2.24) is 15.1 Å². The molecule has 9 nitrogen and oxygen atoms in total. The molecule has 0 radical (unpaired) electrons. The molecule has 1 aliphatic heterocycles. The predicted octanol–water partition coefficient (Wildman–Crippen LogP) is 2.52. The number of urea groups is 1. The zero-order valence-electron chi connectivity index (χ0n) is 16.2. The summed E-state index contributed by atoms with van der Waals surface area (Å²) in [6, 6.07) is 4.88. The monoisotopic (exact) mass is 387 g/mol. The Hall–Kier alpha value is -3.07. The van der Waals surface area contributed by atoms with Crippen molar-refractivity contribution in [3.05, 3.63) is 36.2 Å². The van der Waals surface area contributed by atoms with Gasteiger partial charge in [-0.3, -0.25) is 9.48 Å². The molecule has 3 amide bonds. The Bertz CT molecular complexity index is 851. The van der Waals surface area contributed by atoms with Gasteiger partial charge in [-0.15, -0.1) is 0 Å². The van der Waals surface area contributed by atoms with Crippen molar-refractivity contribution in [3.8, 4) is 5.75 Å². The molecule has 2 heterocycles. The van der Waals surface area contributed by atoms with E-state index in [4.69, 9.17) is 9.47 Å². The summed E-state index contributed by atoms with van der Waals surface area (Å²) >= 11 is 0. The summed E-state index contributed by atoms with van der Waals surface area (Å²) in [4.78, 5) is 24.1. The van der Waals surface area contributed by atoms with Crippen molar-refractivity contribution < 1.29 is 19.1 Å². The maximum atomic E-state index is 12.3. The first-order valence-electron chi connectivity index (χ1n) is 9.20. The Kier molecular flexibility index (Phi) is 6.15. The molecular weight excluding hydrogens is 362 g/mol. The quantitative estimate of drug-likeness (QED) is 0.677. The van der Waals surface area contributed by atoms with Gasteiger partial charge < -0.3 is 25.4 Å². The Balaban J connectivity index is 1.60. The highest BCUT2D eigenvalue weighted by Crippen LogP contribution is 2.33. The molecule has 3 rings (SSSR count). The van der Waals surface area contributed by atoms with Crippen LogP contribution in [0.3, 0.4) is 0 Å². The highest BCUT2D eigenvalue weighted by molar-refractivity contribution is 5.97. The van der Waals surface area contributed by atoms with E-state index in [1.54, 1.807) is 30.3 Å². The van der Waals surface area contributed by atoms with Gasteiger partial charge in [-0.25, -0.2) is 4.79 Å². The van der Waals surface area contributed by atoms with E-state index < -0.39 is 6.10 Å². The van der Waals surface area contributed by atoms with Crippen LogP contribution in [0.25, 0.3) is 0 Å². The minimum Gasteiger partial charge on any atom is -0.478 e. The molecule has 1 aliphatic rings. The second kappa shape index (κ2) is 8.75. The number of carbonyl (C=O) groups is 2. The van der Waals surface area contributed by atoms with E-state index >= 15 is 0 Å². The minimum atomic E-state index is -0.496. The van der Waals surface area contributed by atoms with Gasteiger partial charge in [0.05, 0.1) is 36.8 Å². The summed E-state index contributed by atoms with van der Waals surface area (Å²) in [5.41, 5.74) is 2.11. The van der Waals surface area contributed by atoms with Crippen LogP contribution >= 0.6 is 0 Å². The fraction of sp³-hybridized carbons (Fsp3) is 0.421. The third-order valence-corrected chi connectivity index (χ3v) is 4.46. The summed E-state index contributed by atoms with van der Waals surface area (Å²) in [7, 11) is 1.62. The summed E-state index contributed by atoms with van der Waals surface area (Å²) < 4.78 is 12.5. The van der Waals surface area contributed by atoms with Gasteiger partial charge in [0, 0.05) is 13.3 Å². The fourth-order valence-electron chi connectivity index (χ4n) is 2.88. The number of hydrogen-bond donors (Lipinski definition) is 3. The maximum absolute atomic E-state index is 12.3. The average molecular weight is 387 g/mol. The molecule has 0 saturated carbocycles. The highest BCUT2D eigenvalue weighted by atomic mass is 16.5. The van der Waals surface area contributed by atoms with E-state index in [0.717, 1.165) is 5.56 Å². The van der Waals surface area contributed by atoms with Crippen LogP contribution in [-0.4, -0.2) is 41.5 Å². The molecule has 150 valence electrons. The number of anilines is 2. The minimum absolute atomic E-state index is 0.139. The van der Waals surface area contributed by atoms with Crippen LogP contribution in [0.4, 0.5) is 16.2 Å². The second-order valence-electron chi connectivity index (χ2n) is 6.56. The number of nitrogens with zero attached hydrogens (tertiary/aromatic N) is 2. The number of carbonyl (C=O) groups excluding carboxylic acids is 2. The number of aromatic nitrogens is 2. The molecule has 1 aromatic heterocycles. The van der Waals surface area contributed by atoms with Gasteiger partial charge in [0.2, 0.25) is 0 Å². The van der Waals surface area contributed by atoms with Gasteiger partial charge in [0.1, 0.15) is 5.75 Å². The zero-order chi connectivity index (χ0) is 20.1. The normalized spacial score (nSPS) is 16.5. The number of ether oxygens (including phenoxy) is 2. The van der Waals surface area contributed by atoms with E-state index in [-0.39, 0.29) is 18.0 Å². The lowest BCUT2D eigenvalue weighted by Gasteiger charge is -2.26. The Labute approximate surface area is 163 Å². The smallest absolute Gasteiger partial charge is 0.319 e. The molecule has 2 aromatic rings. The molecule has 9 heteroatoms. The van der Waals surface area contributed by atoms with Gasteiger partial charge in [-0.05, 0) is 31.0 Å². The zero-order valence-corrected chi connectivity index (χ0v) is 16.2. The molecule has 0 fully saturated rings. The lowest BCUT2D eigenvalue weighted by molar-refractivity contribution is -0.123. The number of methoxy groups -OCH3 is 1. The Morgan fingerprint density at radius 2 is 2.29 bits per heavy atom. The van der Waals surface area contributed by atoms with Crippen molar-refractivity contribution >= 4 is 23.3 Å². The van der Waals surface area contributed by atoms with E-state index in [2.05, 4.69) is 21.0 Å². The first-order valence-corrected chi connectivity index (χ1v) is 9.20. The standard InChI is InChI=1S/C19H25N5O4/c1-4-16-18(25)23-15-6-5-13(9-17(15)28-16)12(2)21-19(26)22-14-10-20-24(11-14)7-8-27-3/h5-6,9-12,16H,4,7-8H2,1-3H3,(H,23,25)(H2,21,22,26)/t12-,16+/m0/s1. The first kappa shape index (κ1) is 19.7. The predicted molar refractivity (Wildman–Crippen MR) is 104 cm³/mol. The van der Waals surface area contributed by atoms with Crippen LogP contribution < -0.4 is 20.7 Å². The molecule has 0 unspecified atom stereocenters. The number of nitrogens with one attached hydrogen (secondary N) is 3. The lowest BCUT2D eigenvalue weighted by Crippen LogP contribution is -2.36. The van der Waals surface area contributed by atoms with E-state index in [9.17, 15) is 9.59 Å². The van der Waals surface area contributed by atoms with Crippen LogP contribution in [0.5, 0.6) is 5.75 Å². The summed E-state index contributed by atoms with van der Waals surface area (Å²) in [6.45, 7) is 4.93. The SMILES string of the molecule is CC[C@H]1Oc2cc([C@H](C)NC(=O)Nc3cnn(CCOC)c3)ccc2NC1=O. The van der Waals surface area contributed by atoms with E-state index in [0.29, 0.717) is 36.7 Å². The molecule has 0 saturated heterocycles. The van der Waals surface area contributed by atoms with Crippen molar-refractivity contribution in [1.29, 1.82) is 0 Å². The second-order valence-corrected chi connectivity index (χ2v) is 6.56. The molecule has 0 spiro atoms.